The van der Waals surface area contributed by atoms with Gasteiger partial charge in [0.05, 0.1) is 5.02 Å². The van der Waals surface area contributed by atoms with Gasteiger partial charge in [-0.25, -0.2) is 0 Å². The van der Waals surface area contributed by atoms with Gasteiger partial charge in [-0.3, -0.25) is 4.79 Å². The number of carbonyl (C=O) groups excluding carboxylic acids is 1. The molecule has 0 aliphatic carbocycles. The zero-order chi connectivity index (χ0) is 14.8. The number of carbonyl (C=O) groups is 1. The van der Waals surface area contributed by atoms with E-state index in [-0.39, 0.29) is 25.1 Å². The lowest BCUT2D eigenvalue weighted by atomic mass is 9.96. The van der Waals surface area contributed by atoms with Crippen LogP contribution in [0.4, 0.5) is 0 Å². The third kappa shape index (κ3) is 3.42. The molecular weight excluding hydrogens is 327 g/mol. The van der Waals surface area contributed by atoms with Crippen molar-refractivity contribution in [3.05, 3.63) is 22.7 Å². The number of piperidine rings is 1. The monoisotopic (exact) mass is 346 g/mol. The Labute approximate surface area is 141 Å². The molecule has 1 amide bonds. The Morgan fingerprint density at radius 1 is 1.36 bits per heavy atom. The molecule has 1 saturated heterocycles. The van der Waals surface area contributed by atoms with Crippen molar-refractivity contribution >= 4 is 29.9 Å². The van der Waals surface area contributed by atoms with Gasteiger partial charge in [0, 0.05) is 18.7 Å². The quantitative estimate of drug-likeness (QED) is 0.913. The van der Waals surface area contributed by atoms with Gasteiger partial charge in [-0.05, 0) is 44.5 Å². The Hall–Kier alpha value is -1.17. The summed E-state index contributed by atoms with van der Waals surface area (Å²) in [6.45, 7) is 2.74. The minimum atomic E-state index is 0. The molecule has 2 aliphatic rings. The van der Waals surface area contributed by atoms with E-state index in [0.29, 0.717) is 28.0 Å². The number of benzene rings is 1. The number of likely N-dealkylation sites (tertiary alicyclic amines) is 1. The molecule has 2 aliphatic heterocycles. The van der Waals surface area contributed by atoms with E-state index in [9.17, 15) is 4.79 Å². The van der Waals surface area contributed by atoms with Crippen molar-refractivity contribution in [2.24, 2.45) is 5.92 Å². The maximum atomic E-state index is 12.6. The zero-order valence-corrected chi connectivity index (χ0v) is 14.0. The molecule has 1 aromatic carbocycles. The summed E-state index contributed by atoms with van der Waals surface area (Å²) in [7, 11) is 1.96. The second-order valence-electron chi connectivity index (χ2n) is 5.49. The van der Waals surface area contributed by atoms with E-state index in [1.165, 1.54) is 0 Å². The van der Waals surface area contributed by atoms with Crippen LogP contribution in [0.5, 0.6) is 11.5 Å². The first-order chi connectivity index (χ1) is 10.2. The van der Waals surface area contributed by atoms with E-state index in [4.69, 9.17) is 21.1 Å². The van der Waals surface area contributed by atoms with Crippen LogP contribution in [0.3, 0.4) is 0 Å². The fourth-order valence-corrected chi connectivity index (χ4v) is 3.17. The number of hydrogen-bond donors (Lipinski definition) is 1. The molecule has 0 radical (unpaired) electrons. The fraction of sp³-hybridized carbons (Fsp3) is 0.533. The van der Waals surface area contributed by atoms with Gasteiger partial charge < -0.3 is 19.7 Å². The van der Waals surface area contributed by atoms with Crippen LogP contribution in [0.25, 0.3) is 0 Å². The van der Waals surface area contributed by atoms with Gasteiger partial charge in [0.1, 0.15) is 0 Å². The molecule has 122 valence electrons. The van der Waals surface area contributed by atoms with Crippen molar-refractivity contribution in [2.75, 3.05) is 33.5 Å². The van der Waals surface area contributed by atoms with Crippen molar-refractivity contribution in [3.63, 3.8) is 0 Å². The van der Waals surface area contributed by atoms with E-state index >= 15 is 0 Å². The van der Waals surface area contributed by atoms with Crippen LogP contribution in [-0.4, -0.2) is 44.3 Å². The number of nitrogens with one attached hydrogen (secondary N) is 1. The molecule has 7 heteroatoms. The average molecular weight is 347 g/mol. The maximum absolute atomic E-state index is 12.6. The highest BCUT2D eigenvalue weighted by molar-refractivity contribution is 6.32. The summed E-state index contributed by atoms with van der Waals surface area (Å²) in [5.41, 5.74) is 0.566. The lowest BCUT2D eigenvalue weighted by Crippen LogP contribution is -2.40. The molecule has 1 N–H and O–H groups in total. The topological polar surface area (TPSA) is 50.8 Å². The SMILES string of the molecule is CNCC1CCN(C(=O)c2cc(Cl)c3c(c2)OCO3)CC1.Cl. The van der Waals surface area contributed by atoms with Crippen LogP contribution in [0.1, 0.15) is 23.2 Å². The van der Waals surface area contributed by atoms with Gasteiger partial charge in [0.25, 0.3) is 5.91 Å². The summed E-state index contributed by atoms with van der Waals surface area (Å²) in [5, 5.41) is 3.63. The van der Waals surface area contributed by atoms with Gasteiger partial charge in [0.2, 0.25) is 6.79 Å². The summed E-state index contributed by atoms with van der Waals surface area (Å²) in [4.78, 5) is 14.5. The highest BCUT2D eigenvalue weighted by Gasteiger charge is 2.26. The Bertz CT molecular complexity index is 546. The lowest BCUT2D eigenvalue weighted by Gasteiger charge is -2.32. The third-order valence-corrected chi connectivity index (χ3v) is 4.35. The maximum Gasteiger partial charge on any atom is 0.254 e. The normalized spacial score (nSPS) is 17.3. The van der Waals surface area contributed by atoms with Crippen LogP contribution in [-0.2, 0) is 0 Å². The number of ether oxygens (including phenoxy) is 2. The van der Waals surface area contributed by atoms with E-state index < -0.39 is 0 Å². The number of amides is 1. The second-order valence-corrected chi connectivity index (χ2v) is 5.89. The van der Waals surface area contributed by atoms with Gasteiger partial charge in [-0.15, -0.1) is 12.4 Å². The molecule has 22 heavy (non-hydrogen) atoms. The molecule has 2 heterocycles. The Morgan fingerprint density at radius 2 is 2.09 bits per heavy atom. The van der Waals surface area contributed by atoms with Crippen LogP contribution >= 0.6 is 24.0 Å². The van der Waals surface area contributed by atoms with Crippen molar-refractivity contribution in [2.45, 2.75) is 12.8 Å². The summed E-state index contributed by atoms with van der Waals surface area (Å²) < 4.78 is 10.6. The summed E-state index contributed by atoms with van der Waals surface area (Å²) in [5.74, 6) is 1.74. The molecule has 0 atom stereocenters. The number of rotatable bonds is 3. The number of nitrogens with zero attached hydrogens (tertiary/aromatic N) is 1. The Kier molecular flexibility index (Phi) is 5.78. The largest absolute Gasteiger partial charge is 0.454 e. The highest BCUT2D eigenvalue weighted by atomic mass is 35.5. The van der Waals surface area contributed by atoms with Gasteiger partial charge in [0.15, 0.2) is 11.5 Å². The Morgan fingerprint density at radius 3 is 2.77 bits per heavy atom. The predicted octanol–water partition coefficient (Wildman–Crippen LogP) is 2.56. The second kappa shape index (κ2) is 7.40. The molecular formula is C15H20Cl2N2O3. The van der Waals surface area contributed by atoms with E-state index in [1.54, 1.807) is 12.1 Å². The van der Waals surface area contributed by atoms with Crippen molar-refractivity contribution in [1.29, 1.82) is 0 Å². The smallest absolute Gasteiger partial charge is 0.254 e. The molecule has 0 aromatic heterocycles. The van der Waals surface area contributed by atoms with Gasteiger partial charge >= 0.3 is 0 Å². The molecule has 0 bridgehead atoms. The molecule has 5 nitrogen and oxygen atoms in total. The molecule has 3 rings (SSSR count). The molecule has 0 spiro atoms. The first-order valence-electron chi connectivity index (χ1n) is 7.22. The van der Waals surface area contributed by atoms with Crippen molar-refractivity contribution in [1.82, 2.24) is 10.2 Å². The standard InChI is InChI=1S/C15H19ClN2O3.ClH/c1-17-8-10-2-4-18(5-3-10)15(19)11-6-12(16)14-13(7-11)20-9-21-14;/h6-7,10,17H,2-5,8-9H2,1H3;1H. The molecule has 1 aromatic rings. The third-order valence-electron chi connectivity index (χ3n) is 4.07. The van der Waals surface area contributed by atoms with Crippen LogP contribution in [0.15, 0.2) is 12.1 Å². The van der Waals surface area contributed by atoms with E-state index in [2.05, 4.69) is 5.32 Å². The van der Waals surface area contributed by atoms with E-state index in [0.717, 1.165) is 32.5 Å². The predicted molar refractivity (Wildman–Crippen MR) is 87.4 cm³/mol. The molecule has 0 saturated carbocycles. The summed E-state index contributed by atoms with van der Waals surface area (Å²) in [6.07, 6.45) is 2.07. The number of halogens is 2. The van der Waals surface area contributed by atoms with Crippen LogP contribution in [0.2, 0.25) is 5.02 Å². The fourth-order valence-electron chi connectivity index (χ4n) is 2.90. The van der Waals surface area contributed by atoms with Crippen LogP contribution < -0.4 is 14.8 Å². The molecule has 0 unspecified atom stereocenters. The Balaban J connectivity index is 0.00000176. The lowest BCUT2D eigenvalue weighted by molar-refractivity contribution is 0.0690. The van der Waals surface area contributed by atoms with Crippen molar-refractivity contribution < 1.29 is 14.3 Å². The van der Waals surface area contributed by atoms with Crippen LogP contribution in [0, 0.1) is 5.92 Å². The minimum Gasteiger partial charge on any atom is -0.454 e. The average Bonchev–Trinajstić information content (AvgIpc) is 2.97. The van der Waals surface area contributed by atoms with Gasteiger partial charge in [-0.2, -0.15) is 0 Å². The van der Waals surface area contributed by atoms with Crippen molar-refractivity contribution in [3.8, 4) is 11.5 Å². The summed E-state index contributed by atoms with van der Waals surface area (Å²) >= 11 is 6.14. The first kappa shape index (κ1) is 17.2. The summed E-state index contributed by atoms with van der Waals surface area (Å²) in [6, 6.07) is 3.38. The first-order valence-corrected chi connectivity index (χ1v) is 7.60. The number of fused-ring (bicyclic) bond motifs is 1. The molecule has 1 fully saturated rings. The zero-order valence-electron chi connectivity index (χ0n) is 12.4. The number of hydrogen-bond acceptors (Lipinski definition) is 4. The van der Waals surface area contributed by atoms with E-state index in [1.807, 2.05) is 11.9 Å². The van der Waals surface area contributed by atoms with Gasteiger partial charge in [-0.1, -0.05) is 11.6 Å². The minimum absolute atomic E-state index is 0. The highest BCUT2D eigenvalue weighted by Crippen LogP contribution is 2.40.